The number of aromatic nitrogens is 2. The maximum Gasteiger partial charge on any atom is 0.230 e. The highest BCUT2D eigenvalue weighted by Gasteiger charge is 2.37. The molecule has 1 saturated heterocycles. The standard InChI is InChI=1S/C26H28N4O5/c1-33-21-13-18(14-22(34-2)24(21)35-3)29-15-16(12-23(29)31)26(32)27-25-19-10-7-11-20(19)28-30(25)17-8-5-4-6-9-17/h4-6,8-9,13-14,16H,7,10-12,15H2,1-3H3,(H,27,32). The molecule has 2 amide bonds. The lowest BCUT2D eigenvalue weighted by Crippen LogP contribution is -2.29. The normalized spacial score (nSPS) is 16.8. The Kier molecular flexibility index (Phi) is 6.07. The molecule has 1 aliphatic heterocycles. The fourth-order valence-corrected chi connectivity index (χ4v) is 4.85. The van der Waals surface area contributed by atoms with E-state index in [0.717, 1.165) is 36.2 Å². The van der Waals surface area contributed by atoms with Crippen molar-refractivity contribution >= 4 is 23.3 Å². The molecule has 5 rings (SSSR count). The maximum absolute atomic E-state index is 13.4. The summed E-state index contributed by atoms with van der Waals surface area (Å²) < 4.78 is 18.0. The quantitative estimate of drug-likeness (QED) is 0.562. The molecule has 1 atom stereocenters. The van der Waals surface area contributed by atoms with Crippen molar-refractivity contribution in [2.75, 3.05) is 38.1 Å². The fraction of sp³-hybridized carbons (Fsp3) is 0.346. The minimum absolute atomic E-state index is 0.115. The highest BCUT2D eigenvalue weighted by molar-refractivity contribution is 6.04. The molecule has 35 heavy (non-hydrogen) atoms. The van der Waals surface area contributed by atoms with Crippen LogP contribution in [0, 0.1) is 5.92 Å². The Hall–Kier alpha value is -4.01. The summed E-state index contributed by atoms with van der Waals surface area (Å²) >= 11 is 0. The van der Waals surface area contributed by atoms with Gasteiger partial charge in [-0.1, -0.05) is 18.2 Å². The number of para-hydroxylation sites is 1. The largest absolute Gasteiger partial charge is 0.493 e. The lowest BCUT2D eigenvalue weighted by Gasteiger charge is -2.20. The zero-order valence-electron chi connectivity index (χ0n) is 20.0. The second kappa shape index (κ2) is 9.32. The van der Waals surface area contributed by atoms with Crippen LogP contribution in [-0.4, -0.2) is 49.5 Å². The Morgan fingerprint density at radius 1 is 1.00 bits per heavy atom. The summed E-state index contributed by atoms with van der Waals surface area (Å²) in [5.74, 6) is 1.21. The number of nitrogens with zero attached hydrogens (tertiary/aromatic N) is 3. The lowest BCUT2D eigenvalue weighted by molar-refractivity contribution is -0.122. The van der Waals surface area contributed by atoms with E-state index in [-0.39, 0.29) is 24.8 Å². The summed E-state index contributed by atoms with van der Waals surface area (Å²) in [6.45, 7) is 0.255. The Morgan fingerprint density at radius 3 is 2.37 bits per heavy atom. The number of amides is 2. The second-order valence-corrected chi connectivity index (χ2v) is 8.65. The number of carbonyl (C=O) groups excluding carboxylic acids is 2. The van der Waals surface area contributed by atoms with E-state index >= 15 is 0 Å². The fourth-order valence-electron chi connectivity index (χ4n) is 4.85. The Morgan fingerprint density at radius 2 is 1.71 bits per heavy atom. The average Bonchev–Trinajstić information content (AvgIpc) is 3.59. The van der Waals surface area contributed by atoms with Gasteiger partial charge in [0.1, 0.15) is 5.82 Å². The van der Waals surface area contributed by atoms with Crippen LogP contribution < -0.4 is 24.4 Å². The predicted molar refractivity (Wildman–Crippen MR) is 131 cm³/mol. The Balaban J connectivity index is 1.39. The van der Waals surface area contributed by atoms with Crippen LogP contribution in [0.1, 0.15) is 24.1 Å². The van der Waals surface area contributed by atoms with Crippen LogP contribution in [0.2, 0.25) is 0 Å². The summed E-state index contributed by atoms with van der Waals surface area (Å²) in [4.78, 5) is 27.9. The maximum atomic E-state index is 13.4. The van der Waals surface area contributed by atoms with Crippen LogP contribution in [0.3, 0.4) is 0 Å². The van der Waals surface area contributed by atoms with Gasteiger partial charge in [-0.25, -0.2) is 4.68 Å². The van der Waals surface area contributed by atoms with Crippen LogP contribution in [-0.2, 0) is 22.4 Å². The molecule has 0 spiro atoms. The number of hydrogen-bond acceptors (Lipinski definition) is 6. The summed E-state index contributed by atoms with van der Waals surface area (Å²) in [6.07, 6.45) is 2.91. The first-order valence-electron chi connectivity index (χ1n) is 11.6. The number of ether oxygens (including phenoxy) is 3. The number of anilines is 2. The van der Waals surface area contributed by atoms with Crippen LogP contribution in [0.25, 0.3) is 5.69 Å². The van der Waals surface area contributed by atoms with E-state index in [9.17, 15) is 9.59 Å². The van der Waals surface area contributed by atoms with Crippen LogP contribution in [0.5, 0.6) is 17.2 Å². The van der Waals surface area contributed by atoms with Gasteiger partial charge in [-0.3, -0.25) is 9.59 Å². The molecular weight excluding hydrogens is 448 g/mol. The van der Waals surface area contributed by atoms with Gasteiger partial charge in [0.15, 0.2) is 11.5 Å². The van der Waals surface area contributed by atoms with Gasteiger partial charge in [0.25, 0.3) is 0 Å². The third kappa shape index (κ3) is 4.07. The van der Waals surface area contributed by atoms with E-state index in [4.69, 9.17) is 19.3 Å². The smallest absolute Gasteiger partial charge is 0.230 e. The number of rotatable bonds is 7. The predicted octanol–water partition coefficient (Wildman–Crippen LogP) is 3.38. The van der Waals surface area contributed by atoms with Crippen molar-refractivity contribution in [3.8, 4) is 22.9 Å². The van der Waals surface area contributed by atoms with E-state index < -0.39 is 5.92 Å². The van der Waals surface area contributed by atoms with Crippen LogP contribution in [0.4, 0.5) is 11.5 Å². The highest BCUT2D eigenvalue weighted by Crippen LogP contribution is 2.42. The number of methoxy groups -OCH3 is 3. The van der Waals surface area contributed by atoms with Crippen molar-refractivity contribution in [2.45, 2.75) is 25.7 Å². The number of benzene rings is 2. The second-order valence-electron chi connectivity index (χ2n) is 8.65. The van der Waals surface area contributed by atoms with Gasteiger partial charge in [-0.15, -0.1) is 0 Å². The SMILES string of the molecule is COc1cc(N2CC(C(=O)Nc3c4c(nn3-c3ccccc3)CCC4)CC2=O)cc(OC)c1OC. The average molecular weight is 477 g/mol. The van der Waals surface area contributed by atoms with Gasteiger partial charge in [0.05, 0.1) is 44.3 Å². The van der Waals surface area contributed by atoms with E-state index in [0.29, 0.717) is 28.8 Å². The summed E-state index contributed by atoms with van der Waals surface area (Å²) in [6, 6.07) is 13.2. The highest BCUT2D eigenvalue weighted by atomic mass is 16.5. The molecule has 182 valence electrons. The number of nitrogens with one attached hydrogen (secondary N) is 1. The van der Waals surface area contributed by atoms with Gasteiger partial charge in [-0.2, -0.15) is 5.10 Å². The van der Waals surface area contributed by atoms with Gasteiger partial charge in [0.2, 0.25) is 17.6 Å². The third-order valence-electron chi connectivity index (χ3n) is 6.61. The molecule has 2 heterocycles. The molecule has 9 nitrogen and oxygen atoms in total. The molecular formula is C26H28N4O5. The minimum atomic E-state index is -0.502. The van der Waals surface area contributed by atoms with E-state index in [1.807, 2.05) is 30.3 Å². The van der Waals surface area contributed by atoms with Crippen molar-refractivity contribution in [1.29, 1.82) is 0 Å². The van der Waals surface area contributed by atoms with Crippen molar-refractivity contribution in [3.05, 3.63) is 53.7 Å². The first-order valence-corrected chi connectivity index (χ1v) is 11.6. The Labute approximate surface area is 203 Å². The van der Waals surface area contributed by atoms with Crippen LogP contribution in [0.15, 0.2) is 42.5 Å². The molecule has 0 saturated carbocycles. The summed E-state index contributed by atoms with van der Waals surface area (Å²) in [5, 5.41) is 7.86. The van der Waals surface area contributed by atoms with E-state index in [2.05, 4.69) is 5.32 Å². The van der Waals surface area contributed by atoms with Crippen molar-refractivity contribution in [3.63, 3.8) is 0 Å². The topological polar surface area (TPSA) is 94.9 Å². The first kappa shape index (κ1) is 22.8. The van der Waals surface area contributed by atoms with Gasteiger partial charge < -0.3 is 24.4 Å². The van der Waals surface area contributed by atoms with Crippen molar-refractivity contribution in [1.82, 2.24) is 9.78 Å². The molecule has 0 bridgehead atoms. The van der Waals surface area contributed by atoms with Crippen LogP contribution >= 0.6 is 0 Å². The van der Waals surface area contributed by atoms with E-state index in [1.165, 1.54) is 21.3 Å². The molecule has 1 unspecified atom stereocenters. The summed E-state index contributed by atoms with van der Waals surface area (Å²) in [7, 11) is 4.58. The minimum Gasteiger partial charge on any atom is -0.493 e. The number of aryl methyl sites for hydroxylation is 1. The van der Waals surface area contributed by atoms with Crippen molar-refractivity contribution < 1.29 is 23.8 Å². The zero-order valence-corrected chi connectivity index (χ0v) is 20.0. The van der Waals surface area contributed by atoms with Gasteiger partial charge >= 0.3 is 0 Å². The van der Waals surface area contributed by atoms with E-state index in [1.54, 1.807) is 21.7 Å². The number of carbonyl (C=O) groups is 2. The summed E-state index contributed by atoms with van der Waals surface area (Å²) in [5.41, 5.74) is 3.58. The third-order valence-corrected chi connectivity index (χ3v) is 6.61. The molecule has 3 aromatic rings. The molecule has 1 aliphatic carbocycles. The molecule has 9 heteroatoms. The first-order chi connectivity index (χ1) is 17.0. The molecule has 1 aromatic heterocycles. The van der Waals surface area contributed by atoms with Crippen molar-refractivity contribution in [2.24, 2.45) is 5.92 Å². The number of fused-ring (bicyclic) bond motifs is 1. The molecule has 1 fully saturated rings. The molecule has 2 aromatic carbocycles. The number of hydrogen-bond donors (Lipinski definition) is 1. The zero-order chi connectivity index (χ0) is 24.5. The molecule has 0 radical (unpaired) electrons. The molecule has 2 aliphatic rings. The lowest BCUT2D eigenvalue weighted by atomic mass is 10.1. The monoisotopic (exact) mass is 476 g/mol. The molecule has 1 N–H and O–H groups in total. The Bertz CT molecular complexity index is 1250. The van der Waals surface area contributed by atoms with Gasteiger partial charge in [-0.05, 0) is 31.4 Å². The van der Waals surface area contributed by atoms with Gasteiger partial charge in [0, 0.05) is 30.7 Å².